The zero-order chi connectivity index (χ0) is 26.2. The Morgan fingerprint density at radius 1 is 1.14 bits per heavy atom. The van der Waals surface area contributed by atoms with Gasteiger partial charge in [-0.2, -0.15) is 4.98 Å². The molecule has 4 aromatic rings. The third-order valence-corrected chi connectivity index (χ3v) is 8.12. The predicted octanol–water partition coefficient (Wildman–Crippen LogP) is 5.60. The van der Waals surface area contributed by atoms with Gasteiger partial charge in [0.05, 0.1) is 29.8 Å². The topological polar surface area (TPSA) is 121 Å². The first-order valence-corrected chi connectivity index (χ1v) is 14.0. The molecule has 0 bridgehead atoms. The maximum atomic E-state index is 12.4. The van der Waals surface area contributed by atoms with Gasteiger partial charge in [0.2, 0.25) is 15.9 Å². The van der Waals surface area contributed by atoms with E-state index in [2.05, 4.69) is 19.3 Å². The van der Waals surface area contributed by atoms with E-state index in [1.54, 1.807) is 31.5 Å². The van der Waals surface area contributed by atoms with E-state index >= 15 is 0 Å². The molecule has 2 heterocycles. The van der Waals surface area contributed by atoms with E-state index < -0.39 is 10.0 Å². The van der Waals surface area contributed by atoms with E-state index in [0.29, 0.717) is 29.0 Å². The molecule has 2 aromatic heterocycles. The van der Waals surface area contributed by atoms with E-state index in [4.69, 9.17) is 15.2 Å². The van der Waals surface area contributed by atoms with Crippen molar-refractivity contribution in [3.05, 3.63) is 54.7 Å². The third kappa shape index (κ3) is 5.20. The number of sulfonamides is 1. The van der Waals surface area contributed by atoms with Crippen LogP contribution in [-0.2, 0) is 10.0 Å². The van der Waals surface area contributed by atoms with Gasteiger partial charge in [-0.1, -0.05) is 26.0 Å². The minimum Gasteiger partial charge on any atom is -0.481 e. The molecule has 0 radical (unpaired) electrons. The van der Waals surface area contributed by atoms with Gasteiger partial charge in [0.1, 0.15) is 5.75 Å². The molecular weight excluding hydrogens is 490 g/mol. The van der Waals surface area contributed by atoms with Gasteiger partial charge in [-0.25, -0.2) is 13.4 Å². The van der Waals surface area contributed by atoms with Crippen molar-refractivity contribution in [1.29, 1.82) is 0 Å². The number of nitrogen functional groups attached to an aromatic ring is 1. The Hall–Kier alpha value is -3.79. The molecule has 1 fully saturated rings. The van der Waals surface area contributed by atoms with Crippen LogP contribution in [0.2, 0.25) is 0 Å². The van der Waals surface area contributed by atoms with E-state index in [1.807, 2.05) is 44.2 Å². The second kappa shape index (κ2) is 9.93. The largest absolute Gasteiger partial charge is 0.481 e. The van der Waals surface area contributed by atoms with Gasteiger partial charge in [-0.15, -0.1) is 0 Å². The summed E-state index contributed by atoms with van der Waals surface area (Å²) in [6, 6.07) is 15.3. The fourth-order valence-electron chi connectivity index (χ4n) is 4.65. The number of nitrogens with zero attached hydrogens (tertiary/aromatic N) is 3. The number of ether oxygens (including phenoxy) is 2. The van der Waals surface area contributed by atoms with Crippen LogP contribution in [0, 0.1) is 5.92 Å². The summed E-state index contributed by atoms with van der Waals surface area (Å²) >= 11 is 0. The van der Waals surface area contributed by atoms with E-state index in [9.17, 15) is 8.42 Å². The van der Waals surface area contributed by atoms with Crippen LogP contribution in [0.5, 0.6) is 17.6 Å². The second-order valence-electron chi connectivity index (χ2n) is 9.73. The van der Waals surface area contributed by atoms with Gasteiger partial charge in [-0.05, 0) is 49.4 Å². The summed E-state index contributed by atoms with van der Waals surface area (Å²) in [5.74, 6) is 1.13. The normalized spacial score (nSPS) is 14.1. The average Bonchev–Trinajstić information content (AvgIpc) is 3.09. The zero-order valence-corrected chi connectivity index (χ0v) is 22.0. The first-order chi connectivity index (χ1) is 17.7. The lowest BCUT2D eigenvalue weighted by molar-refractivity contribution is 0.324. The highest BCUT2D eigenvalue weighted by atomic mass is 32.2. The highest BCUT2D eigenvalue weighted by Gasteiger charge is 2.27. The Labute approximate surface area is 216 Å². The predicted molar refractivity (Wildman–Crippen MR) is 146 cm³/mol. The molecule has 0 aliphatic heterocycles. The molecule has 0 unspecified atom stereocenters. The lowest BCUT2D eigenvalue weighted by atomic mass is 9.92. The number of fused-ring (bicyclic) bond motifs is 1. The fourth-order valence-corrected chi connectivity index (χ4v) is 6.10. The number of hydrogen-bond acceptors (Lipinski definition) is 7. The van der Waals surface area contributed by atoms with Crippen LogP contribution in [0.15, 0.2) is 54.7 Å². The lowest BCUT2D eigenvalue weighted by Crippen LogP contribution is -2.20. The highest BCUT2D eigenvalue weighted by Crippen LogP contribution is 2.45. The number of methoxy groups -OCH3 is 1. The number of hydrogen-bond donors (Lipinski definition) is 2. The van der Waals surface area contributed by atoms with Crippen molar-refractivity contribution in [1.82, 2.24) is 14.5 Å². The van der Waals surface area contributed by atoms with Gasteiger partial charge >= 0.3 is 6.01 Å². The molecule has 1 aliphatic rings. The van der Waals surface area contributed by atoms with Crippen LogP contribution in [0.4, 0.5) is 11.4 Å². The van der Waals surface area contributed by atoms with Gasteiger partial charge in [-0.3, -0.25) is 4.72 Å². The van der Waals surface area contributed by atoms with E-state index in [-0.39, 0.29) is 17.7 Å². The molecule has 5 rings (SSSR count). The van der Waals surface area contributed by atoms with E-state index in [0.717, 1.165) is 41.4 Å². The van der Waals surface area contributed by atoms with Crippen LogP contribution in [0.1, 0.15) is 39.2 Å². The lowest BCUT2D eigenvalue weighted by Gasteiger charge is -2.30. The Morgan fingerprint density at radius 2 is 1.89 bits per heavy atom. The van der Waals surface area contributed by atoms with Gasteiger partial charge in [0, 0.05) is 41.0 Å². The Balaban J connectivity index is 1.51. The summed E-state index contributed by atoms with van der Waals surface area (Å²) in [4.78, 5) is 8.41. The number of anilines is 2. The molecule has 37 heavy (non-hydrogen) atoms. The molecule has 0 spiro atoms. The molecule has 3 N–H and O–H groups in total. The van der Waals surface area contributed by atoms with Gasteiger partial charge < -0.3 is 19.8 Å². The van der Waals surface area contributed by atoms with Gasteiger partial charge in [0.15, 0.2) is 0 Å². The number of nitrogens with one attached hydrogen (secondary N) is 1. The van der Waals surface area contributed by atoms with Crippen LogP contribution in [0.3, 0.4) is 0 Å². The fraction of sp³-hybridized carbons (Fsp3) is 0.333. The van der Waals surface area contributed by atoms with Crippen LogP contribution in [-0.4, -0.2) is 35.8 Å². The second-order valence-corrected chi connectivity index (χ2v) is 11.5. The standard InChI is InChI=1S/C27H31N5O4S/c1-17(2)16-37(33,34)31-19-9-7-18(8-10-19)26-25(28)22-12-11-21(15-23(22)32(26)20-5-4-6-20)36-27-29-14-13-24(30-27)35-3/h7-15,17,20,31H,4-6,16,28H2,1-3H3. The summed E-state index contributed by atoms with van der Waals surface area (Å²) in [5, 5.41) is 0.933. The zero-order valence-electron chi connectivity index (χ0n) is 21.1. The van der Waals surface area contributed by atoms with Crippen molar-refractivity contribution >= 4 is 32.3 Å². The van der Waals surface area contributed by atoms with Crippen LogP contribution >= 0.6 is 0 Å². The number of rotatable bonds is 9. The molecular formula is C27H31N5O4S. The number of benzene rings is 2. The number of aromatic nitrogens is 3. The molecule has 1 aliphatic carbocycles. The molecule has 1 saturated carbocycles. The van der Waals surface area contributed by atoms with E-state index in [1.165, 1.54) is 0 Å². The summed E-state index contributed by atoms with van der Waals surface area (Å²) in [6.07, 6.45) is 4.87. The maximum Gasteiger partial charge on any atom is 0.325 e. The van der Waals surface area contributed by atoms with Crippen molar-refractivity contribution in [2.75, 3.05) is 23.3 Å². The molecule has 9 nitrogen and oxygen atoms in total. The minimum atomic E-state index is -3.40. The summed E-state index contributed by atoms with van der Waals surface area (Å²) < 4.78 is 40.8. The van der Waals surface area contributed by atoms with Crippen LogP contribution in [0.25, 0.3) is 22.2 Å². The summed E-state index contributed by atoms with van der Waals surface area (Å²) in [6.45, 7) is 3.76. The number of nitrogens with two attached hydrogens (primary N) is 1. The average molecular weight is 522 g/mol. The van der Waals surface area contributed by atoms with Crippen molar-refractivity contribution in [3.8, 4) is 28.9 Å². The maximum absolute atomic E-state index is 12.4. The summed E-state index contributed by atoms with van der Waals surface area (Å²) in [5.41, 5.74) is 10.7. The SMILES string of the molecule is COc1ccnc(Oc2ccc3c(N)c(-c4ccc(NS(=O)(=O)CC(C)C)cc4)n(C4CCC4)c3c2)n1. The Morgan fingerprint density at radius 3 is 2.54 bits per heavy atom. The first kappa shape index (κ1) is 24.9. The van der Waals surface area contributed by atoms with Crippen molar-refractivity contribution in [2.24, 2.45) is 5.92 Å². The highest BCUT2D eigenvalue weighted by molar-refractivity contribution is 7.92. The smallest absolute Gasteiger partial charge is 0.325 e. The van der Waals surface area contributed by atoms with Crippen LogP contribution < -0.4 is 19.9 Å². The molecule has 0 saturated heterocycles. The monoisotopic (exact) mass is 521 g/mol. The van der Waals surface area contributed by atoms with Gasteiger partial charge in [0.25, 0.3) is 0 Å². The van der Waals surface area contributed by atoms with Crippen molar-refractivity contribution < 1.29 is 17.9 Å². The van der Waals surface area contributed by atoms with Crippen molar-refractivity contribution in [2.45, 2.75) is 39.2 Å². The molecule has 2 aromatic carbocycles. The summed E-state index contributed by atoms with van der Waals surface area (Å²) in [7, 11) is -1.86. The molecule has 0 atom stereocenters. The minimum absolute atomic E-state index is 0.0408. The first-order valence-electron chi connectivity index (χ1n) is 12.3. The molecule has 10 heteroatoms. The molecule has 0 amide bonds. The third-order valence-electron chi connectivity index (χ3n) is 6.47. The Kier molecular flexibility index (Phi) is 6.68. The Bertz CT molecular complexity index is 1530. The quantitative estimate of drug-likeness (QED) is 0.294. The molecule has 194 valence electrons. The van der Waals surface area contributed by atoms with Crippen molar-refractivity contribution in [3.63, 3.8) is 0 Å².